The van der Waals surface area contributed by atoms with Gasteiger partial charge in [-0.2, -0.15) is 0 Å². The zero-order chi connectivity index (χ0) is 14.9. The van der Waals surface area contributed by atoms with Crippen LogP contribution in [0.25, 0.3) is 0 Å². The van der Waals surface area contributed by atoms with Gasteiger partial charge in [0.05, 0.1) is 5.60 Å². The van der Waals surface area contributed by atoms with E-state index in [1.165, 1.54) is 18.4 Å². The van der Waals surface area contributed by atoms with E-state index in [1.54, 1.807) is 0 Å². The lowest BCUT2D eigenvalue weighted by atomic mass is 9.71. The molecule has 2 heterocycles. The Morgan fingerprint density at radius 2 is 2.29 bits per heavy atom. The molecule has 1 aromatic heterocycles. The van der Waals surface area contributed by atoms with Crippen molar-refractivity contribution in [2.75, 3.05) is 25.0 Å². The number of anilines is 1. The molecule has 3 rings (SSSR count). The van der Waals surface area contributed by atoms with Crippen molar-refractivity contribution in [2.24, 2.45) is 5.92 Å². The molecule has 0 radical (unpaired) electrons. The van der Waals surface area contributed by atoms with Crippen LogP contribution < -0.4 is 10.2 Å². The molecule has 21 heavy (non-hydrogen) atoms. The first-order valence-electron chi connectivity index (χ1n) is 8.23. The second-order valence-electron chi connectivity index (χ2n) is 6.70. The first-order chi connectivity index (χ1) is 10.1. The SMILES string of the molecule is CNC(C)c1ccnc(N2CCC3(O)CCCCC3C2)c1. The number of pyridine rings is 1. The van der Waals surface area contributed by atoms with Crippen LogP contribution in [0.15, 0.2) is 18.3 Å². The highest BCUT2D eigenvalue weighted by Crippen LogP contribution is 2.40. The van der Waals surface area contributed by atoms with E-state index in [0.29, 0.717) is 12.0 Å². The maximum Gasteiger partial charge on any atom is 0.128 e. The first kappa shape index (κ1) is 14.8. The summed E-state index contributed by atoms with van der Waals surface area (Å²) in [5.41, 5.74) is 0.858. The molecule has 1 aromatic rings. The van der Waals surface area contributed by atoms with Gasteiger partial charge in [0.25, 0.3) is 0 Å². The molecule has 4 heteroatoms. The number of nitrogens with zero attached hydrogens (tertiary/aromatic N) is 2. The van der Waals surface area contributed by atoms with Crippen LogP contribution in [0.3, 0.4) is 0 Å². The quantitative estimate of drug-likeness (QED) is 0.897. The van der Waals surface area contributed by atoms with Crippen molar-refractivity contribution in [2.45, 2.75) is 50.7 Å². The summed E-state index contributed by atoms with van der Waals surface area (Å²) in [4.78, 5) is 6.91. The number of rotatable bonds is 3. The van der Waals surface area contributed by atoms with E-state index in [-0.39, 0.29) is 0 Å². The zero-order valence-corrected chi connectivity index (χ0v) is 13.2. The third-order valence-corrected chi connectivity index (χ3v) is 5.45. The van der Waals surface area contributed by atoms with Crippen LogP contribution in [0.1, 0.15) is 50.6 Å². The Balaban J connectivity index is 1.76. The van der Waals surface area contributed by atoms with Crippen LogP contribution in [-0.4, -0.2) is 35.8 Å². The number of aromatic nitrogens is 1. The monoisotopic (exact) mass is 289 g/mol. The van der Waals surface area contributed by atoms with Gasteiger partial charge in [0.2, 0.25) is 0 Å². The Kier molecular flexibility index (Phi) is 4.18. The van der Waals surface area contributed by atoms with Gasteiger partial charge in [-0.15, -0.1) is 0 Å². The van der Waals surface area contributed by atoms with Gasteiger partial charge in [0, 0.05) is 31.2 Å². The Bertz CT molecular complexity index is 493. The molecule has 2 aliphatic rings. The molecule has 0 bridgehead atoms. The van der Waals surface area contributed by atoms with Crippen molar-refractivity contribution >= 4 is 5.82 Å². The maximum atomic E-state index is 10.8. The number of nitrogens with one attached hydrogen (secondary N) is 1. The van der Waals surface area contributed by atoms with Crippen LogP contribution in [0, 0.1) is 5.92 Å². The minimum Gasteiger partial charge on any atom is -0.389 e. The number of fused-ring (bicyclic) bond motifs is 1. The molecule has 2 fully saturated rings. The predicted octanol–water partition coefficient (Wildman–Crippen LogP) is 2.49. The van der Waals surface area contributed by atoms with Crippen molar-refractivity contribution < 1.29 is 5.11 Å². The summed E-state index contributed by atoms with van der Waals surface area (Å²) >= 11 is 0. The molecular weight excluding hydrogens is 262 g/mol. The highest BCUT2D eigenvalue weighted by atomic mass is 16.3. The summed E-state index contributed by atoms with van der Waals surface area (Å²) in [5, 5.41) is 14.1. The third-order valence-electron chi connectivity index (χ3n) is 5.45. The summed E-state index contributed by atoms with van der Waals surface area (Å²) in [6.07, 6.45) is 7.35. The van der Waals surface area contributed by atoms with E-state index in [0.717, 1.165) is 38.2 Å². The fraction of sp³-hybridized carbons (Fsp3) is 0.706. The average molecular weight is 289 g/mol. The zero-order valence-electron chi connectivity index (χ0n) is 13.2. The molecule has 0 amide bonds. The Labute approximate surface area is 127 Å². The second-order valence-corrected chi connectivity index (χ2v) is 6.70. The van der Waals surface area contributed by atoms with E-state index >= 15 is 0 Å². The number of aliphatic hydroxyl groups is 1. The summed E-state index contributed by atoms with van der Waals surface area (Å²) in [7, 11) is 1.98. The van der Waals surface area contributed by atoms with Crippen molar-refractivity contribution in [3.63, 3.8) is 0 Å². The molecule has 116 valence electrons. The van der Waals surface area contributed by atoms with Crippen molar-refractivity contribution in [3.8, 4) is 0 Å². The van der Waals surface area contributed by atoms with Gasteiger partial charge in [-0.3, -0.25) is 0 Å². The molecule has 3 unspecified atom stereocenters. The van der Waals surface area contributed by atoms with Crippen molar-refractivity contribution in [1.29, 1.82) is 0 Å². The number of hydrogen-bond donors (Lipinski definition) is 2. The predicted molar refractivity (Wildman–Crippen MR) is 85.4 cm³/mol. The lowest BCUT2D eigenvalue weighted by Gasteiger charge is -2.47. The van der Waals surface area contributed by atoms with Crippen LogP contribution in [0.4, 0.5) is 5.82 Å². The van der Waals surface area contributed by atoms with Gasteiger partial charge in [0.15, 0.2) is 0 Å². The Hall–Kier alpha value is -1.13. The maximum absolute atomic E-state index is 10.8. The molecule has 2 N–H and O–H groups in total. The molecule has 1 aliphatic heterocycles. The number of hydrogen-bond acceptors (Lipinski definition) is 4. The summed E-state index contributed by atoms with van der Waals surface area (Å²) in [5.74, 6) is 1.47. The van der Waals surface area contributed by atoms with Gasteiger partial charge in [-0.1, -0.05) is 12.8 Å². The fourth-order valence-electron chi connectivity index (χ4n) is 3.82. The van der Waals surface area contributed by atoms with E-state index in [9.17, 15) is 5.11 Å². The van der Waals surface area contributed by atoms with Gasteiger partial charge in [-0.05, 0) is 50.9 Å². The topological polar surface area (TPSA) is 48.4 Å². The molecule has 1 saturated carbocycles. The Morgan fingerprint density at radius 3 is 3.10 bits per heavy atom. The smallest absolute Gasteiger partial charge is 0.128 e. The van der Waals surface area contributed by atoms with E-state index in [1.807, 2.05) is 13.2 Å². The normalized spacial score (nSPS) is 30.8. The lowest BCUT2D eigenvalue weighted by molar-refractivity contribution is -0.0613. The molecule has 3 atom stereocenters. The third kappa shape index (κ3) is 2.92. The van der Waals surface area contributed by atoms with Crippen LogP contribution >= 0.6 is 0 Å². The van der Waals surface area contributed by atoms with Gasteiger partial charge in [-0.25, -0.2) is 4.98 Å². The average Bonchev–Trinajstić information content (AvgIpc) is 2.53. The minimum absolute atomic E-state index is 0.336. The van der Waals surface area contributed by atoms with E-state index in [2.05, 4.69) is 34.3 Å². The van der Waals surface area contributed by atoms with Gasteiger partial charge in [0.1, 0.15) is 5.82 Å². The summed E-state index contributed by atoms with van der Waals surface area (Å²) in [6.45, 7) is 4.02. The Morgan fingerprint density at radius 1 is 1.43 bits per heavy atom. The minimum atomic E-state index is -0.412. The van der Waals surface area contributed by atoms with Gasteiger partial charge < -0.3 is 15.3 Å². The van der Waals surface area contributed by atoms with Gasteiger partial charge >= 0.3 is 0 Å². The van der Waals surface area contributed by atoms with Crippen LogP contribution in [0.2, 0.25) is 0 Å². The van der Waals surface area contributed by atoms with Crippen molar-refractivity contribution in [3.05, 3.63) is 23.9 Å². The highest BCUT2D eigenvalue weighted by molar-refractivity contribution is 5.43. The molecule has 0 spiro atoms. The largest absolute Gasteiger partial charge is 0.389 e. The van der Waals surface area contributed by atoms with E-state index in [4.69, 9.17) is 0 Å². The molecule has 1 aliphatic carbocycles. The number of piperidine rings is 1. The van der Waals surface area contributed by atoms with Crippen LogP contribution in [0.5, 0.6) is 0 Å². The molecule has 0 aromatic carbocycles. The highest BCUT2D eigenvalue weighted by Gasteiger charge is 2.42. The first-order valence-corrected chi connectivity index (χ1v) is 8.23. The van der Waals surface area contributed by atoms with Crippen LogP contribution in [-0.2, 0) is 0 Å². The summed E-state index contributed by atoms with van der Waals surface area (Å²) < 4.78 is 0. The second kappa shape index (κ2) is 5.93. The molecule has 1 saturated heterocycles. The molecule has 4 nitrogen and oxygen atoms in total. The molecular formula is C17H27N3O. The summed E-state index contributed by atoms with van der Waals surface area (Å²) in [6, 6.07) is 4.60. The van der Waals surface area contributed by atoms with Crippen molar-refractivity contribution in [1.82, 2.24) is 10.3 Å². The standard InChI is InChI=1S/C17H27N3O/c1-13(18-2)14-6-9-19-16(11-14)20-10-8-17(21)7-4-3-5-15(17)12-20/h6,9,11,13,15,18,21H,3-5,7-8,10,12H2,1-2H3. The lowest BCUT2D eigenvalue weighted by Crippen LogP contribution is -2.53. The van der Waals surface area contributed by atoms with E-state index < -0.39 is 5.60 Å². The fourth-order valence-corrected chi connectivity index (χ4v) is 3.82.